The Morgan fingerprint density at radius 1 is 0.879 bits per heavy atom. The van der Waals surface area contributed by atoms with Crippen molar-refractivity contribution in [3.63, 3.8) is 0 Å². The average Bonchev–Trinajstić information content (AvgIpc) is 2.85. The SMILES string of the molecule is O=C(NOC1CCCCO1)c1ccccc1S(=O)(=O)Nc1ccc(Oc2ccccc2)cc1. The zero-order valence-electron chi connectivity index (χ0n) is 17.8. The van der Waals surface area contributed by atoms with E-state index in [1.54, 1.807) is 36.4 Å². The van der Waals surface area contributed by atoms with Crippen LogP contribution >= 0.6 is 0 Å². The Balaban J connectivity index is 1.44. The fourth-order valence-corrected chi connectivity index (χ4v) is 4.56. The molecular formula is C24H24N2O6S. The van der Waals surface area contributed by atoms with E-state index in [1.165, 1.54) is 12.1 Å². The Kier molecular flexibility index (Phi) is 7.23. The van der Waals surface area contributed by atoms with Crippen LogP contribution < -0.4 is 14.9 Å². The summed E-state index contributed by atoms with van der Waals surface area (Å²) in [6, 6.07) is 21.6. The maximum atomic E-state index is 13.0. The molecule has 1 fully saturated rings. The van der Waals surface area contributed by atoms with Gasteiger partial charge >= 0.3 is 0 Å². The molecule has 1 heterocycles. The van der Waals surface area contributed by atoms with Crippen molar-refractivity contribution in [3.05, 3.63) is 84.4 Å². The lowest BCUT2D eigenvalue weighted by atomic mass is 10.2. The van der Waals surface area contributed by atoms with E-state index < -0.39 is 22.2 Å². The molecule has 1 atom stereocenters. The van der Waals surface area contributed by atoms with Crippen LogP contribution in [0.2, 0.25) is 0 Å². The topological polar surface area (TPSA) is 103 Å². The fourth-order valence-electron chi connectivity index (χ4n) is 3.29. The molecule has 0 aliphatic carbocycles. The molecule has 0 aromatic heterocycles. The number of carbonyl (C=O) groups is 1. The van der Waals surface area contributed by atoms with Gasteiger partial charge in [-0.15, -0.1) is 0 Å². The van der Waals surface area contributed by atoms with E-state index in [4.69, 9.17) is 14.3 Å². The zero-order valence-corrected chi connectivity index (χ0v) is 18.6. The summed E-state index contributed by atoms with van der Waals surface area (Å²) in [5.41, 5.74) is 2.60. The van der Waals surface area contributed by atoms with Crippen molar-refractivity contribution >= 4 is 21.6 Å². The van der Waals surface area contributed by atoms with E-state index in [0.29, 0.717) is 30.2 Å². The number of anilines is 1. The van der Waals surface area contributed by atoms with Crippen LogP contribution in [0.25, 0.3) is 0 Å². The van der Waals surface area contributed by atoms with Crippen LogP contribution in [0.15, 0.2) is 83.8 Å². The quantitative estimate of drug-likeness (QED) is 0.473. The van der Waals surface area contributed by atoms with Crippen molar-refractivity contribution in [3.8, 4) is 11.5 Å². The molecule has 3 aromatic rings. The van der Waals surface area contributed by atoms with Gasteiger partial charge in [-0.05, 0) is 61.4 Å². The molecule has 8 nitrogen and oxygen atoms in total. The number of amides is 1. The maximum Gasteiger partial charge on any atom is 0.276 e. The van der Waals surface area contributed by atoms with Gasteiger partial charge in [0.05, 0.1) is 5.56 Å². The molecule has 3 aromatic carbocycles. The van der Waals surface area contributed by atoms with Gasteiger partial charge in [0.15, 0.2) is 6.29 Å². The highest BCUT2D eigenvalue weighted by molar-refractivity contribution is 7.92. The summed E-state index contributed by atoms with van der Waals surface area (Å²) in [6.45, 7) is 0.560. The number of rotatable bonds is 8. The third kappa shape index (κ3) is 6.10. The summed E-state index contributed by atoms with van der Waals surface area (Å²) in [5, 5.41) is 0. The lowest BCUT2D eigenvalue weighted by Gasteiger charge is -2.22. The molecular weight excluding hydrogens is 444 g/mol. The first-order chi connectivity index (χ1) is 16.0. The first-order valence-electron chi connectivity index (χ1n) is 10.5. The minimum absolute atomic E-state index is 0.0372. The summed E-state index contributed by atoms with van der Waals surface area (Å²) in [5.74, 6) is 0.564. The van der Waals surface area contributed by atoms with E-state index in [9.17, 15) is 13.2 Å². The number of hydrogen-bond donors (Lipinski definition) is 2. The Morgan fingerprint density at radius 3 is 2.30 bits per heavy atom. The number of ether oxygens (including phenoxy) is 2. The monoisotopic (exact) mass is 468 g/mol. The fraction of sp³-hybridized carbons (Fsp3) is 0.208. The summed E-state index contributed by atoms with van der Waals surface area (Å²) in [6.07, 6.45) is 2.00. The van der Waals surface area contributed by atoms with Gasteiger partial charge in [-0.3, -0.25) is 9.52 Å². The third-order valence-electron chi connectivity index (χ3n) is 4.93. The van der Waals surface area contributed by atoms with Crippen LogP contribution in [0, 0.1) is 0 Å². The third-order valence-corrected chi connectivity index (χ3v) is 6.37. The van der Waals surface area contributed by atoms with E-state index >= 15 is 0 Å². The second-order valence-corrected chi connectivity index (χ2v) is 9.04. The van der Waals surface area contributed by atoms with Crippen LogP contribution in [0.4, 0.5) is 5.69 Å². The van der Waals surface area contributed by atoms with Crippen molar-refractivity contribution in [1.29, 1.82) is 0 Å². The molecule has 0 radical (unpaired) electrons. The molecule has 1 aliphatic rings. The smallest absolute Gasteiger partial charge is 0.276 e. The standard InChI is InChI=1S/C24H24N2O6S/c27-24(25-32-23-12-6-7-17-30-23)21-10-4-5-11-22(21)33(28,29)26-18-13-15-20(16-14-18)31-19-8-2-1-3-9-19/h1-5,8-11,13-16,23,26H,6-7,12,17H2,(H,25,27). The molecule has 0 bridgehead atoms. The normalized spacial score (nSPS) is 16.1. The number of hydroxylamine groups is 1. The number of para-hydroxylation sites is 1. The van der Waals surface area contributed by atoms with E-state index in [0.717, 1.165) is 12.8 Å². The number of sulfonamides is 1. The first kappa shape index (κ1) is 22.8. The first-order valence-corrected chi connectivity index (χ1v) is 12.0. The van der Waals surface area contributed by atoms with Crippen molar-refractivity contribution in [2.75, 3.05) is 11.3 Å². The lowest BCUT2D eigenvalue weighted by Crippen LogP contribution is -2.34. The number of nitrogens with one attached hydrogen (secondary N) is 2. The Labute approximate surface area is 192 Å². The second-order valence-electron chi connectivity index (χ2n) is 7.39. The number of benzene rings is 3. The summed E-state index contributed by atoms with van der Waals surface area (Å²) < 4.78 is 39.7. The van der Waals surface area contributed by atoms with Gasteiger partial charge in [-0.1, -0.05) is 30.3 Å². The molecule has 9 heteroatoms. The highest BCUT2D eigenvalue weighted by Crippen LogP contribution is 2.25. The van der Waals surface area contributed by atoms with Crippen molar-refractivity contribution in [2.24, 2.45) is 0 Å². The second kappa shape index (κ2) is 10.5. The van der Waals surface area contributed by atoms with E-state index in [-0.39, 0.29) is 10.5 Å². The lowest BCUT2D eigenvalue weighted by molar-refractivity contribution is -0.186. The van der Waals surface area contributed by atoms with Gasteiger partial charge in [-0.2, -0.15) is 0 Å². The highest BCUT2D eigenvalue weighted by atomic mass is 32.2. The summed E-state index contributed by atoms with van der Waals surface area (Å²) >= 11 is 0. The van der Waals surface area contributed by atoms with Gasteiger partial charge in [-0.25, -0.2) is 18.7 Å². The largest absolute Gasteiger partial charge is 0.457 e. The van der Waals surface area contributed by atoms with Gasteiger partial charge in [0, 0.05) is 18.7 Å². The minimum Gasteiger partial charge on any atom is -0.457 e. The Hall–Kier alpha value is -3.40. The van der Waals surface area contributed by atoms with Crippen LogP contribution in [0.3, 0.4) is 0 Å². The van der Waals surface area contributed by atoms with Gasteiger partial charge in [0.1, 0.15) is 16.4 Å². The maximum absolute atomic E-state index is 13.0. The Morgan fingerprint density at radius 2 is 1.58 bits per heavy atom. The molecule has 1 aliphatic heterocycles. The highest BCUT2D eigenvalue weighted by Gasteiger charge is 2.24. The Bertz CT molecular complexity index is 1180. The van der Waals surface area contributed by atoms with Gasteiger partial charge in [0.25, 0.3) is 15.9 Å². The molecule has 1 unspecified atom stereocenters. The molecule has 0 saturated carbocycles. The molecule has 33 heavy (non-hydrogen) atoms. The predicted octanol–water partition coefficient (Wildman–Crippen LogP) is 4.47. The van der Waals surface area contributed by atoms with E-state index in [1.807, 2.05) is 30.3 Å². The zero-order chi connectivity index (χ0) is 23.1. The van der Waals surface area contributed by atoms with Crippen LogP contribution in [0.1, 0.15) is 29.6 Å². The van der Waals surface area contributed by atoms with Crippen molar-refractivity contribution in [2.45, 2.75) is 30.4 Å². The summed E-state index contributed by atoms with van der Waals surface area (Å²) in [7, 11) is -4.04. The van der Waals surface area contributed by atoms with Gasteiger partial charge in [0.2, 0.25) is 0 Å². The van der Waals surface area contributed by atoms with Crippen LogP contribution in [-0.4, -0.2) is 27.2 Å². The van der Waals surface area contributed by atoms with Gasteiger partial charge < -0.3 is 9.47 Å². The molecule has 172 valence electrons. The molecule has 1 amide bonds. The minimum atomic E-state index is -4.04. The van der Waals surface area contributed by atoms with Crippen molar-refractivity contribution in [1.82, 2.24) is 5.48 Å². The summed E-state index contributed by atoms with van der Waals surface area (Å²) in [4.78, 5) is 17.8. The predicted molar refractivity (Wildman–Crippen MR) is 122 cm³/mol. The van der Waals surface area contributed by atoms with E-state index in [2.05, 4.69) is 10.2 Å². The molecule has 2 N–H and O–H groups in total. The number of carbonyl (C=O) groups excluding carboxylic acids is 1. The molecule has 0 spiro atoms. The molecule has 1 saturated heterocycles. The van der Waals surface area contributed by atoms with Crippen molar-refractivity contribution < 1.29 is 27.5 Å². The van der Waals surface area contributed by atoms with Crippen LogP contribution in [-0.2, 0) is 19.6 Å². The molecule has 4 rings (SSSR count). The number of hydrogen-bond acceptors (Lipinski definition) is 6. The van der Waals surface area contributed by atoms with Crippen LogP contribution in [0.5, 0.6) is 11.5 Å². The average molecular weight is 469 g/mol.